The Labute approximate surface area is 163 Å². The molecule has 0 saturated heterocycles. The number of rotatable bonds is 20. The fourth-order valence-corrected chi connectivity index (χ4v) is 2.34. The smallest absolute Gasteiger partial charge is 0.102 e. The maximum absolute atomic E-state index is 6.07. The summed E-state index contributed by atoms with van der Waals surface area (Å²) in [6, 6.07) is 0. The quantitative estimate of drug-likeness (QED) is 0.294. The van der Waals surface area contributed by atoms with Gasteiger partial charge in [-0.25, -0.2) is 0 Å². The van der Waals surface area contributed by atoms with Gasteiger partial charge in [0.25, 0.3) is 0 Å². The van der Waals surface area contributed by atoms with Gasteiger partial charge in [0.15, 0.2) is 0 Å². The van der Waals surface area contributed by atoms with E-state index in [1.165, 1.54) is 31.3 Å². The standard InChI is InChI=1S/C21H34O6/c1-7-20(13-22-8-2,14-23-9-3)15-27-19-21(16-24-10-4,17-25-11-5)18-26-12-6/h8-12H,2-7,13-19H2,1H3. The summed E-state index contributed by atoms with van der Waals surface area (Å²) >= 11 is 0. The molecule has 0 aliphatic rings. The molecular weight excluding hydrogens is 348 g/mol. The van der Waals surface area contributed by atoms with Gasteiger partial charge in [-0.05, 0) is 6.42 Å². The molecule has 0 spiro atoms. The van der Waals surface area contributed by atoms with E-state index in [4.69, 9.17) is 28.4 Å². The van der Waals surface area contributed by atoms with Crippen LogP contribution < -0.4 is 0 Å². The molecule has 0 aromatic heterocycles. The number of hydrogen-bond acceptors (Lipinski definition) is 6. The third-order valence-electron chi connectivity index (χ3n) is 4.10. The van der Waals surface area contributed by atoms with Crippen LogP contribution in [0.1, 0.15) is 13.3 Å². The lowest BCUT2D eigenvalue weighted by atomic mass is 9.87. The van der Waals surface area contributed by atoms with Gasteiger partial charge in [-0.2, -0.15) is 0 Å². The molecule has 0 heterocycles. The largest absolute Gasteiger partial charge is 0.501 e. The highest BCUT2D eigenvalue weighted by Gasteiger charge is 2.36. The minimum Gasteiger partial charge on any atom is -0.501 e. The van der Waals surface area contributed by atoms with Crippen molar-refractivity contribution in [1.29, 1.82) is 0 Å². The zero-order valence-electron chi connectivity index (χ0n) is 16.5. The first kappa shape index (κ1) is 24.7. The van der Waals surface area contributed by atoms with Crippen LogP contribution in [0.3, 0.4) is 0 Å². The summed E-state index contributed by atoms with van der Waals surface area (Å²) in [5.74, 6) is 0. The lowest BCUT2D eigenvalue weighted by Gasteiger charge is -2.35. The maximum Gasteiger partial charge on any atom is 0.102 e. The van der Waals surface area contributed by atoms with Gasteiger partial charge in [0.2, 0.25) is 0 Å². The van der Waals surface area contributed by atoms with Crippen LogP contribution in [0, 0.1) is 10.8 Å². The van der Waals surface area contributed by atoms with Crippen molar-refractivity contribution in [3.05, 3.63) is 64.2 Å². The summed E-state index contributed by atoms with van der Waals surface area (Å²) in [5.41, 5.74) is -0.902. The lowest BCUT2D eigenvalue weighted by Crippen LogP contribution is -2.43. The molecule has 0 saturated carbocycles. The van der Waals surface area contributed by atoms with Crippen LogP contribution in [-0.2, 0) is 28.4 Å². The third kappa shape index (κ3) is 9.80. The van der Waals surface area contributed by atoms with Crippen LogP contribution in [0.2, 0.25) is 0 Å². The Balaban J connectivity index is 5.15. The van der Waals surface area contributed by atoms with Crippen molar-refractivity contribution in [1.82, 2.24) is 0 Å². The molecule has 154 valence electrons. The molecule has 0 unspecified atom stereocenters. The second-order valence-corrected chi connectivity index (χ2v) is 6.23. The van der Waals surface area contributed by atoms with Crippen LogP contribution in [0.15, 0.2) is 64.2 Å². The van der Waals surface area contributed by atoms with Crippen LogP contribution in [0.25, 0.3) is 0 Å². The fourth-order valence-electron chi connectivity index (χ4n) is 2.34. The molecule has 27 heavy (non-hydrogen) atoms. The zero-order valence-corrected chi connectivity index (χ0v) is 16.5. The molecule has 6 heteroatoms. The van der Waals surface area contributed by atoms with Gasteiger partial charge in [-0.15, -0.1) is 0 Å². The first-order valence-electron chi connectivity index (χ1n) is 8.78. The summed E-state index contributed by atoms with van der Waals surface area (Å²) in [7, 11) is 0. The highest BCUT2D eigenvalue weighted by molar-refractivity contribution is 4.84. The van der Waals surface area contributed by atoms with E-state index in [1.54, 1.807) is 0 Å². The maximum atomic E-state index is 6.07. The topological polar surface area (TPSA) is 55.4 Å². The molecule has 0 aromatic carbocycles. The first-order chi connectivity index (χ1) is 13.1. The van der Waals surface area contributed by atoms with Gasteiger partial charge in [-0.3, -0.25) is 0 Å². The minimum absolute atomic E-state index is 0.309. The van der Waals surface area contributed by atoms with E-state index < -0.39 is 5.41 Å². The van der Waals surface area contributed by atoms with E-state index in [0.29, 0.717) is 46.2 Å². The van der Waals surface area contributed by atoms with E-state index in [-0.39, 0.29) is 5.41 Å². The van der Waals surface area contributed by atoms with Crippen molar-refractivity contribution >= 4 is 0 Å². The van der Waals surface area contributed by atoms with Crippen molar-refractivity contribution in [3.8, 4) is 0 Å². The molecule has 0 fully saturated rings. The van der Waals surface area contributed by atoms with Gasteiger partial charge < -0.3 is 28.4 Å². The Hall–Kier alpha value is -2.34. The Morgan fingerprint density at radius 3 is 1.11 bits per heavy atom. The SMILES string of the molecule is C=COCC(CC)(COC=C)COCC(COC=C)(COC=C)COC=C. The molecule has 0 rings (SSSR count). The minimum atomic E-state index is -0.561. The van der Waals surface area contributed by atoms with Crippen LogP contribution in [0.4, 0.5) is 0 Å². The molecule has 0 bridgehead atoms. The number of hydrogen-bond donors (Lipinski definition) is 0. The van der Waals surface area contributed by atoms with E-state index in [2.05, 4.69) is 39.8 Å². The summed E-state index contributed by atoms with van der Waals surface area (Å²) in [6.45, 7) is 22.5. The summed E-state index contributed by atoms with van der Waals surface area (Å²) in [5, 5.41) is 0. The molecule has 0 amide bonds. The Morgan fingerprint density at radius 2 is 0.815 bits per heavy atom. The van der Waals surface area contributed by atoms with Crippen LogP contribution in [-0.4, -0.2) is 46.2 Å². The van der Waals surface area contributed by atoms with Gasteiger partial charge in [0.05, 0.1) is 68.6 Å². The lowest BCUT2D eigenvalue weighted by molar-refractivity contribution is -0.0980. The van der Waals surface area contributed by atoms with Crippen molar-refractivity contribution in [2.45, 2.75) is 13.3 Å². The highest BCUT2D eigenvalue weighted by atomic mass is 16.5. The third-order valence-corrected chi connectivity index (χ3v) is 4.10. The molecule has 0 N–H and O–H groups in total. The van der Waals surface area contributed by atoms with E-state index in [1.807, 2.05) is 0 Å². The Kier molecular flexibility index (Phi) is 13.5. The Morgan fingerprint density at radius 1 is 0.519 bits per heavy atom. The van der Waals surface area contributed by atoms with Crippen LogP contribution in [0.5, 0.6) is 0 Å². The second-order valence-electron chi connectivity index (χ2n) is 6.23. The molecule has 0 aliphatic heterocycles. The van der Waals surface area contributed by atoms with Crippen LogP contribution >= 0.6 is 0 Å². The number of ether oxygens (including phenoxy) is 6. The second kappa shape index (κ2) is 14.8. The van der Waals surface area contributed by atoms with Crippen molar-refractivity contribution in [2.24, 2.45) is 10.8 Å². The molecular formula is C21H34O6. The average molecular weight is 382 g/mol. The zero-order chi connectivity index (χ0) is 20.4. The monoisotopic (exact) mass is 382 g/mol. The van der Waals surface area contributed by atoms with E-state index >= 15 is 0 Å². The fraction of sp³-hybridized carbons (Fsp3) is 0.524. The van der Waals surface area contributed by atoms with E-state index in [9.17, 15) is 0 Å². The molecule has 6 nitrogen and oxygen atoms in total. The van der Waals surface area contributed by atoms with Gasteiger partial charge in [0.1, 0.15) is 19.8 Å². The molecule has 0 aliphatic carbocycles. The average Bonchev–Trinajstić information content (AvgIpc) is 2.70. The summed E-state index contributed by atoms with van der Waals surface area (Å²) < 4.78 is 33.1. The summed E-state index contributed by atoms with van der Waals surface area (Å²) in [6.07, 6.45) is 7.75. The van der Waals surface area contributed by atoms with Gasteiger partial charge in [-0.1, -0.05) is 39.8 Å². The van der Waals surface area contributed by atoms with Gasteiger partial charge >= 0.3 is 0 Å². The van der Waals surface area contributed by atoms with Crippen molar-refractivity contribution in [2.75, 3.05) is 46.2 Å². The molecule has 0 atom stereocenters. The highest BCUT2D eigenvalue weighted by Crippen LogP contribution is 2.27. The molecule has 0 radical (unpaired) electrons. The molecule has 0 aromatic rings. The summed E-state index contributed by atoms with van der Waals surface area (Å²) in [4.78, 5) is 0. The normalized spacial score (nSPS) is 11.0. The first-order valence-corrected chi connectivity index (χ1v) is 8.78. The predicted octanol–water partition coefficient (Wildman–Crippen LogP) is 4.19. The van der Waals surface area contributed by atoms with Crippen molar-refractivity contribution < 1.29 is 28.4 Å². The van der Waals surface area contributed by atoms with E-state index in [0.717, 1.165) is 6.42 Å². The van der Waals surface area contributed by atoms with Gasteiger partial charge in [0, 0.05) is 0 Å². The van der Waals surface area contributed by atoms with Crippen molar-refractivity contribution in [3.63, 3.8) is 0 Å². The predicted molar refractivity (Wildman–Crippen MR) is 107 cm³/mol. The Bertz CT molecular complexity index is 403.